The highest BCUT2D eigenvalue weighted by Crippen LogP contribution is 2.20. The van der Waals surface area contributed by atoms with E-state index in [4.69, 9.17) is 5.73 Å². The van der Waals surface area contributed by atoms with E-state index in [-0.39, 0.29) is 5.92 Å². The van der Waals surface area contributed by atoms with E-state index in [9.17, 15) is 0 Å². The summed E-state index contributed by atoms with van der Waals surface area (Å²) in [6, 6.07) is 8.21. The minimum Gasteiger partial charge on any atom is -0.370 e. The maximum absolute atomic E-state index is 5.95. The molecule has 0 amide bonds. The van der Waals surface area contributed by atoms with Crippen molar-refractivity contribution in [2.75, 3.05) is 11.9 Å². The molecule has 0 spiro atoms. The topological polar surface area (TPSA) is 63.3 Å². The van der Waals surface area contributed by atoms with Crippen LogP contribution in [0.2, 0.25) is 0 Å². The molecule has 0 saturated heterocycles. The third kappa shape index (κ3) is 4.56. The summed E-state index contributed by atoms with van der Waals surface area (Å²) in [5.74, 6) is 0.731. The Morgan fingerprint density at radius 2 is 2.29 bits per heavy atom. The normalized spacial score (nSPS) is 13.2. The number of nitrogens with zero attached hydrogens (tertiary/aromatic N) is 2. The Morgan fingerprint density at radius 3 is 2.95 bits per heavy atom. The van der Waals surface area contributed by atoms with Crippen LogP contribution in [0.5, 0.6) is 0 Å². The number of anilines is 1. The fourth-order valence-electron chi connectivity index (χ4n) is 1.97. The van der Waals surface area contributed by atoms with Gasteiger partial charge in [0.2, 0.25) is 0 Å². The molecule has 112 valence electrons. The molecule has 1 aromatic heterocycles. The van der Waals surface area contributed by atoms with Gasteiger partial charge in [0, 0.05) is 22.7 Å². The summed E-state index contributed by atoms with van der Waals surface area (Å²) in [5.41, 5.74) is 9.27. The Hall–Kier alpha value is -1.88. The lowest BCUT2D eigenvalue weighted by Gasteiger charge is -2.09. The number of rotatable bonds is 5. The van der Waals surface area contributed by atoms with Gasteiger partial charge in [-0.1, -0.05) is 26.0 Å². The van der Waals surface area contributed by atoms with Crippen LogP contribution in [0.15, 0.2) is 34.6 Å². The molecule has 0 aliphatic heterocycles. The van der Waals surface area contributed by atoms with E-state index in [1.807, 2.05) is 19.1 Å². The molecular formula is C16H22N4S. The second-order valence-corrected chi connectivity index (χ2v) is 6.02. The molecule has 2 aromatic rings. The van der Waals surface area contributed by atoms with E-state index in [1.165, 1.54) is 5.56 Å². The molecule has 0 fully saturated rings. The van der Waals surface area contributed by atoms with Gasteiger partial charge in [0.25, 0.3) is 0 Å². The summed E-state index contributed by atoms with van der Waals surface area (Å²) in [6.45, 7) is 6.90. The van der Waals surface area contributed by atoms with Crippen LogP contribution in [0.25, 0.3) is 0 Å². The highest BCUT2D eigenvalue weighted by Gasteiger charge is 2.09. The molecule has 1 atom stereocenters. The smallest absolute Gasteiger partial charge is 0.193 e. The number of aliphatic imine (C=N–C) groups is 1. The van der Waals surface area contributed by atoms with Crippen molar-refractivity contribution in [3.05, 3.63) is 45.9 Å². The molecule has 1 heterocycles. The maximum atomic E-state index is 5.95. The Kier molecular flexibility index (Phi) is 5.33. The van der Waals surface area contributed by atoms with Crippen LogP contribution in [0.3, 0.4) is 0 Å². The lowest BCUT2D eigenvalue weighted by molar-refractivity contribution is 0.763. The molecule has 4 nitrogen and oxygen atoms in total. The quantitative estimate of drug-likeness (QED) is 0.656. The SMILES string of the molecule is CCc1cccc(NC(N)=NCC(C)c2nc(C)cs2)c1. The lowest BCUT2D eigenvalue weighted by Crippen LogP contribution is -2.23. The molecule has 0 radical (unpaired) electrons. The van der Waals surface area contributed by atoms with Crippen molar-refractivity contribution in [2.24, 2.45) is 10.7 Å². The molecule has 0 aliphatic carbocycles. The molecule has 1 aromatic carbocycles. The van der Waals surface area contributed by atoms with E-state index in [2.05, 4.69) is 46.7 Å². The van der Waals surface area contributed by atoms with Crippen molar-refractivity contribution in [3.63, 3.8) is 0 Å². The van der Waals surface area contributed by atoms with Crippen LogP contribution in [0, 0.1) is 6.92 Å². The van der Waals surface area contributed by atoms with Crippen molar-refractivity contribution < 1.29 is 0 Å². The Morgan fingerprint density at radius 1 is 1.48 bits per heavy atom. The molecule has 3 N–H and O–H groups in total. The summed E-state index contributed by atoms with van der Waals surface area (Å²) >= 11 is 1.68. The second kappa shape index (κ2) is 7.22. The first-order chi connectivity index (χ1) is 10.1. The summed E-state index contributed by atoms with van der Waals surface area (Å²) < 4.78 is 0. The van der Waals surface area contributed by atoms with Gasteiger partial charge in [0.1, 0.15) is 0 Å². The fourth-order valence-corrected chi connectivity index (χ4v) is 2.82. The average Bonchev–Trinajstić information content (AvgIpc) is 2.91. The summed E-state index contributed by atoms with van der Waals surface area (Å²) in [4.78, 5) is 8.89. The summed E-state index contributed by atoms with van der Waals surface area (Å²) in [6.07, 6.45) is 1.01. The molecular weight excluding hydrogens is 280 g/mol. The summed E-state index contributed by atoms with van der Waals surface area (Å²) in [5, 5.41) is 6.31. The van der Waals surface area contributed by atoms with E-state index >= 15 is 0 Å². The lowest BCUT2D eigenvalue weighted by atomic mass is 10.1. The minimum absolute atomic E-state index is 0.283. The van der Waals surface area contributed by atoms with Crippen LogP contribution in [-0.2, 0) is 6.42 Å². The number of aromatic nitrogens is 1. The van der Waals surface area contributed by atoms with E-state index in [0.717, 1.165) is 22.8 Å². The number of hydrogen-bond donors (Lipinski definition) is 2. The zero-order valence-electron chi connectivity index (χ0n) is 12.8. The number of aryl methyl sites for hydroxylation is 2. The van der Waals surface area contributed by atoms with Crippen LogP contribution >= 0.6 is 11.3 Å². The molecule has 0 aliphatic rings. The number of nitrogens with two attached hydrogens (primary N) is 1. The van der Waals surface area contributed by atoms with Gasteiger partial charge >= 0.3 is 0 Å². The Balaban J connectivity index is 1.94. The predicted octanol–water partition coefficient (Wildman–Crippen LogP) is 3.54. The van der Waals surface area contributed by atoms with E-state index in [1.54, 1.807) is 11.3 Å². The third-order valence-corrected chi connectivity index (χ3v) is 4.40. The van der Waals surface area contributed by atoms with Crippen molar-refractivity contribution in [1.82, 2.24) is 4.98 Å². The Bertz CT molecular complexity index is 618. The van der Waals surface area contributed by atoms with Crippen LogP contribution in [0.4, 0.5) is 5.69 Å². The molecule has 0 saturated carbocycles. The number of thiazole rings is 1. The number of guanidine groups is 1. The third-order valence-electron chi connectivity index (χ3n) is 3.20. The molecule has 1 unspecified atom stereocenters. The van der Waals surface area contributed by atoms with Crippen molar-refractivity contribution in [1.29, 1.82) is 0 Å². The highest BCUT2D eigenvalue weighted by molar-refractivity contribution is 7.09. The first-order valence-corrected chi connectivity index (χ1v) is 8.04. The van der Waals surface area contributed by atoms with Gasteiger partial charge in [-0.3, -0.25) is 4.99 Å². The number of benzene rings is 1. The van der Waals surface area contributed by atoms with E-state index in [0.29, 0.717) is 12.5 Å². The van der Waals surface area contributed by atoms with E-state index < -0.39 is 0 Å². The van der Waals surface area contributed by atoms with Gasteiger partial charge in [-0.25, -0.2) is 4.98 Å². The van der Waals surface area contributed by atoms with Gasteiger partial charge in [-0.05, 0) is 31.0 Å². The monoisotopic (exact) mass is 302 g/mol. The Labute approximate surface area is 130 Å². The minimum atomic E-state index is 0.283. The predicted molar refractivity (Wildman–Crippen MR) is 91.2 cm³/mol. The number of hydrogen-bond acceptors (Lipinski definition) is 3. The highest BCUT2D eigenvalue weighted by atomic mass is 32.1. The molecule has 5 heteroatoms. The van der Waals surface area contributed by atoms with Crippen molar-refractivity contribution in [2.45, 2.75) is 33.1 Å². The van der Waals surface area contributed by atoms with Gasteiger partial charge in [0.15, 0.2) is 5.96 Å². The van der Waals surface area contributed by atoms with Gasteiger partial charge in [-0.15, -0.1) is 11.3 Å². The standard InChI is InChI=1S/C16H22N4S/c1-4-13-6-5-7-14(8-13)20-16(17)18-9-11(2)15-19-12(3)10-21-15/h5-8,10-11H,4,9H2,1-3H3,(H3,17,18,20). The van der Waals surface area contributed by atoms with Crippen molar-refractivity contribution in [3.8, 4) is 0 Å². The second-order valence-electron chi connectivity index (χ2n) is 5.13. The molecule has 21 heavy (non-hydrogen) atoms. The van der Waals surface area contributed by atoms with Gasteiger partial charge in [0.05, 0.1) is 11.6 Å². The van der Waals surface area contributed by atoms with Crippen LogP contribution in [0.1, 0.15) is 36.0 Å². The maximum Gasteiger partial charge on any atom is 0.193 e. The van der Waals surface area contributed by atoms with Crippen LogP contribution in [-0.4, -0.2) is 17.5 Å². The van der Waals surface area contributed by atoms with Crippen molar-refractivity contribution >= 4 is 23.0 Å². The fraction of sp³-hybridized carbons (Fsp3) is 0.375. The zero-order valence-corrected chi connectivity index (χ0v) is 13.6. The van der Waals surface area contributed by atoms with Crippen LogP contribution < -0.4 is 11.1 Å². The largest absolute Gasteiger partial charge is 0.370 e. The molecule has 0 bridgehead atoms. The molecule has 2 rings (SSSR count). The van der Waals surface area contributed by atoms with Gasteiger partial charge in [-0.2, -0.15) is 0 Å². The first-order valence-electron chi connectivity index (χ1n) is 7.16. The zero-order chi connectivity index (χ0) is 15.2. The van der Waals surface area contributed by atoms with Gasteiger partial charge < -0.3 is 11.1 Å². The number of nitrogens with one attached hydrogen (secondary N) is 1. The summed E-state index contributed by atoms with van der Waals surface area (Å²) in [7, 11) is 0. The first kappa shape index (κ1) is 15.5. The average molecular weight is 302 g/mol.